The largest absolute Gasteiger partial charge is 0.489 e. The van der Waals surface area contributed by atoms with Crippen LogP contribution in [0.2, 0.25) is 0 Å². The lowest BCUT2D eigenvalue weighted by Crippen LogP contribution is -2.43. The van der Waals surface area contributed by atoms with E-state index in [4.69, 9.17) is 32.3 Å². The lowest BCUT2D eigenvalue weighted by Gasteiger charge is -2.23. The third-order valence-electron chi connectivity index (χ3n) is 7.10. The Bertz CT molecular complexity index is 1910. The van der Waals surface area contributed by atoms with Gasteiger partial charge in [-0.2, -0.15) is 4.31 Å². The molecule has 51 heavy (non-hydrogen) atoms. The second-order valence-electron chi connectivity index (χ2n) is 13.3. The minimum atomic E-state index is -5.47. The van der Waals surface area contributed by atoms with Crippen LogP contribution in [0.1, 0.15) is 53.5 Å². The predicted molar refractivity (Wildman–Crippen MR) is 171 cm³/mol. The zero-order chi connectivity index (χ0) is 37.9. The summed E-state index contributed by atoms with van der Waals surface area (Å²) in [6.07, 6.45) is -5.83. The third kappa shape index (κ3) is 10.1. The lowest BCUT2D eigenvalue weighted by atomic mass is 9.98. The smallest absolute Gasteiger partial charge is 0.437 e. The number of aliphatic hydroxyl groups is 2. The number of carbonyl (C=O) groups excluding carboxylic acids is 2. The van der Waals surface area contributed by atoms with Gasteiger partial charge in [-0.3, -0.25) is 28.0 Å². The number of hydrogen-bond acceptors (Lipinski definition) is 17. The standard InChI is InChI=1S/C29H39N3O17P2/c1-28(2,3)25(36)42-15-45-51(41,46-16-43-26(37)29(4,5)6)49-50(39,40)44-14-20-22(34)23(35)24(47-20)31-12-11-21(33)32(27(31)38)13-18-17-9-7-8-10-19(17)48-30-18/h7-12,20,22-24,34-35H,13-16H2,1-6H3,(H,39,40)/t20-,22+,23+,24-/m1/s1. The van der Waals surface area contributed by atoms with E-state index in [0.717, 1.165) is 21.4 Å². The Morgan fingerprint density at radius 2 is 1.49 bits per heavy atom. The molecule has 1 aliphatic rings. The molecule has 1 unspecified atom stereocenters. The van der Waals surface area contributed by atoms with Crippen molar-refractivity contribution in [2.45, 2.75) is 72.6 Å². The fourth-order valence-electron chi connectivity index (χ4n) is 4.29. The van der Waals surface area contributed by atoms with Crippen LogP contribution < -0.4 is 11.2 Å². The van der Waals surface area contributed by atoms with Crippen molar-refractivity contribution in [3.63, 3.8) is 0 Å². The lowest BCUT2D eigenvalue weighted by molar-refractivity contribution is -0.162. The van der Waals surface area contributed by atoms with Crippen LogP contribution in [0.15, 0.2) is 50.6 Å². The average Bonchev–Trinajstić information content (AvgIpc) is 3.56. The molecule has 1 saturated heterocycles. The Morgan fingerprint density at radius 3 is 2.08 bits per heavy atom. The molecule has 2 aromatic heterocycles. The molecule has 0 bridgehead atoms. The van der Waals surface area contributed by atoms with Crippen molar-refractivity contribution in [3.8, 4) is 0 Å². The van der Waals surface area contributed by atoms with E-state index in [9.17, 15) is 43.4 Å². The van der Waals surface area contributed by atoms with Crippen LogP contribution in [-0.4, -0.2) is 79.8 Å². The Kier molecular flexibility index (Phi) is 12.3. The number of ether oxygens (including phenoxy) is 3. The molecule has 3 N–H and O–H groups in total. The van der Waals surface area contributed by atoms with Crippen molar-refractivity contribution < 1.29 is 70.4 Å². The summed E-state index contributed by atoms with van der Waals surface area (Å²) in [5, 5.41) is 25.9. The summed E-state index contributed by atoms with van der Waals surface area (Å²) in [5.74, 6) is -1.61. The topological polar surface area (TPSA) is 264 Å². The van der Waals surface area contributed by atoms with Gasteiger partial charge in [-0.05, 0) is 53.7 Å². The zero-order valence-electron chi connectivity index (χ0n) is 28.4. The maximum absolute atomic E-state index is 13.4. The SMILES string of the molecule is CC(C)(C)C(=O)OCOP(=O)(OCOC(=O)C(C)(C)C)OP(=O)(O)OC[C@H]1O[C@@H](n2ccc(=O)n(Cc3noc4ccccc34)c2=O)[C@@H](O)[C@H]1O. The van der Waals surface area contributed by atoms with Crippen LogP contribution in [-0.2, 0) is 57.4 Å². The number of phosphoric acid groups is 2. The van der Waals surface area contributed by atoms with Gasteiger partial charge in [0.15, 0.2) is 11.8 Å². The van der Waals surface area contributed by atoms with E-state index >= 15 is 0 Å². The van der Waals surface area contributed by atoms with E-state index in [1.165, 1.54) is 41.5 Å². The highest BCUT2D eigenvalue weighted by molar-refractivity contribution is 7.61. The van der Waals surface area contributed by atoms with Gasteiger partial charge >= 0.3 is 33.3 Å². The molecular weight excluding hydrogens is 724 g/mol. The number of esters is 2. The third-order valence-corrected chi connectivity index (χ3v) is 10.0. The normalized spacial score (nSPS) is 21.0. The Hall–Kier alpha value is -3.55. The van der Waals surface area contributed by atoms with E-state index in [0.29, 0.717) is 11.0 Å². The number of para-hydroxylation sites is 1. The maximum Gasteiger partial charge on any atom is 0.489 e. The van der Waals surface area contributed by atoms with Gasteiger partial charge in [0.2, 0.25) is 13.6 Å². The molecule has 3 heterocycles. The first-order valence-corrected chi connectivity index (χ1v) is 18.2. The highest BCUT2D eigenvalue weighted by Crippen LogP contribution is 2.63. The summed E-state index contributed by atoms with van der Waals surface area (Å²) < 4.78 is 67.4. The van der Waals surface area contributed by atoms with Crippen LogP contribution >= 0.6 is 15.6 Å². The second-order valence-corrected chi connectivity index (χ2v) is 16.5. The number of aromatic nitrogens is 3. The number of phosphoric ester groups is 2. The molecule has 20 nitrogen and oxygen atoms in total. The number of fused-ring (bicyclic) bond motifs is 1. The van der Waals surface area contributed by atoms with Crippen LogP contribution in [0.4, 0.5) is 0 Å². The molecule has 1 fully saturated rings. The summed E-state index contributed by atoms with van der Waals surface area (Å²) in [6, 6.07) is 7.77. The first-order chi connectivity index (χ1) is 23.6. The molecule has 0 saturated carbocycles. The van der Waals surface area contributed by atoms with Crippen LogP contribution in [0.5, 0.6) is 0 Å². The number of nitrogens with zero attached hydrogens (tertiary/aromatic N) is 3. The van der Waals surface area contributed by atoms with Crippen LogP contribution in [0.3, 0.4) is 0 Å². The van der Waals surface area contributed by atoms with E-state index in [1.807, 2.05) is 0 Å². The predicted octanol–water partition coefficient (Wildman–Crippen LogP) is 2.19. The van der Waals surface area contributed by atoms with Crippen LogP contribution in [0, 0.1) is 10.8 Å². The zero-order valence-corrected chi connectivity index (χ0v) is 30.2. The number of carbonyl (C=O) groups is 2. The van der Waals surface area contributed by atoms with Gasteiger partial charge in [0.25, 0.3) is 5.56 Å². The minimum Gasteiger partial charge on any atom is -0.437 e. The molecule has 5 atom stereocenters. The van der Waals surface area contributed by atoms with Gasteiger partial charge in [0.1, 0.15) is 24.0 Å². The molecular formula is C29H39N3O17P2. The average molecular weight is 764 g/mol. The van der Waals surface area contributed by atoms with E-state index in [2.05, 4.69) is 9.47 Å². The van der Waals surface area contributed by atoms with Gasteiger partial charge < -0.3 is 33.8 Å². The van der Waals surface area contributed by atoms with E-state index in [1.54, 1.807) is 24.3 Å². The maximum atomic E-state index is 13.4. The summed E-state index contributed by atoms with van der Waals surface area (Å²) in [4.78, 5) is 60.6. The molecule has 0 spiro atoms. The number of rotatable bonds is 14. The molecule has 22 heteroatoms. The Morgan fingerprint density at radius 1 is 0.902 bits per heavy atom. The molecule has 3 aromatic rings. The Balaban J connectivity index is 1.45. The van der Waals surface area contributed by atoms with Gasteiger partial charge in [0.05, 0.1) is 24.0 Å². The number of benzene rings is 1. The van der Waals surface area contributed by atoms with Gasteiger partial charge in [0, 0.05) is 17.6 Å². The molecule has 282 valence electrons. The fourth-order valence-corrected chi connectivity index (χ4v) is 6.64. The number of aliphatic hydroxyl groups excluding tert-OH is 2. The molecule has 0 amide bonds. The van der Waals surface area contributed by atoms with Gasteiger partial charge in [-0.15, -0.1) is 0 Å². The molecule has 1 aromatic carbocycles. The van der Waals surface area contributed by atoms with E-state index in [-0.39, 0.29) is 12.2 Å². The molecule has 0 aliphatic carbocycles. The van der Waals surface area contributed by atoms with Crippen molar-refractivity contribution >= 4 is 38.6 Å². The highest BCUT2D eigenvalue weighted by atomic mass is 31.3. The summed E-state index contributed by atoms with van der Waals surface area (Å²) in [6.45, 7) is 5.60. The second kappa shape index (κ2) is 15.6. The van der Waals surface area contributed by atoms with Gasteiger partial charge in [-0.25, -0.2) is 23.0 Å². The summed E-state index contributed by atoms with van der Waals surface area (Å²) in [7, 11) is -10.7. The van der Waals surface area contributed by atoms with Crippen molar-refractivity contribution in [1.82, 2.24) is 14.3 Å². The first kappa shape index (κ1) is 40.2. The monoisotopic (exact) mass is 763 g/mol. The first-order valence-electron chi connectivity index (χ1n) is 15.2. The van der Waals surface area contributed by atoms with Crippen molar-refractivity contribution in [1.29, 1.82) is 0 Å². The summed E-state index contributed by atoms with van der Waals surface area (Å²) in [5.41, 5.74) is -3.00. The summed E-state index contributed by atoms with van der Waals surface area (Å²) >= 11 is 0. The van der Waals surface area contributed by atoms with Crippen molar-refractivity contribution in [3.05, 3.63) is 63.1 Å². The minimum absolute atomic E-state index is 0.269. The quantitative estimate of drug-likeness (QED) is 0.121. The molecule has 1 aliphatic heterocycles. The van der Waals surface area contributed by atoms with Gasteiger partial charge in [-0.1, -0.05) is 17.3 Å². The molecule has 0 radical (unpaired) electrons. The van der Waals surface area contributed by atoms with Crippen LogP contribution in [0.25, 0.3) is 11.0 Å². The number of hydrogen-bond donors (Lipinski definition) is 3. The molecule has 4 rings (SSSR count). The van der Waals surface area contributed by atoms with Crippen molar-refractivity contribution in [2.24, 2.45) is 10.8 Å². The fraction of sp³-hybridized carbons (Fsp3) is 0.552. The Labute approximate surface area is 289 Å². The van der Waals surface area contributed by atoms with E-state index < -0.39 is 94.4 Å². The highest BCUT2D eigenvalue weighted by Gasteiger charge is 2.47. The van der Waals surface area contributed by atoms with Crippen molar-refractivity contribution in [2.75, 3.05) is 20.2 Å².